The van der Waals surface area contributed by atoms with E-state index < -0.39 is 10.0 Å². The molecule has 198 valence electrons. The highest BCUT2D eigenvalue weighted by Gasteiger charge is 2.29. The third kappa shape index (κ3) is 5.92. The van der Waals surface area contributed by atoms with Gasteiger partial charge in [0.25, 0.3) is 0 Å². The van der Waals surface area contributed by atoms with Gasteiger partial charge in [0.1, 0.15) is 5.75 Å². The maximum Gasteiger partial charge on any atom is 0.221 e. The number of sulfonamides is 1. The van der Waals surface area contributed by atoms with Gasteiger partial charge in [0.2, 0.25) is 15.9 Å². The van der Waals surface area contributed by atoms with Gasteiger partial charge in [-0.1, -0.05) is 48.5 Å². The molecule has 0 radical (unpaired) electrons. The minimum absolute atomic E-state index is 0.0779. The van der Waals surface area contributed by atoms with E-state index in [9.17, 15) is 13.2 Å². The molecule has 3 aromatic carbocycles. The number of benzene rings is 3. The van der Waals surface area contributed by atoms with Crippen LogP contribution in [0.15, 0.2) is 79.0 Å². The Labute approximate surface area is 223 Å². The van der Waals surface area contributed by atoms with E-state index in [4.69, 9.17) is 10.5 Å². The Morgan fingerprint density at radius 1 is 0.974 bits per heavy atom. The smallest absolute Gasteiger partial charge is 0.221 e. The number of hydrogen-bond acceptors (Lipinski definition) is 4. The highest BCUT2D eigenvalue weighted by Crippen LogP contribution is 2.37. The van der Waals surface area contributed by atoms with E-state index in [2.05, 4.69) is 23.2 Å². The number of nitrogens with zero attached hydrogens (tertiary/aromatic N) is 1. The summed E-state index contributed by atoms with van der Waals surface area (Å²) in [6, 6.07) is 23.7. The molecule has 0 atom stereocenters. The SMILES string of the molecule is NC(=O)Cc1cc(-c2ccccc2)cc2c(C3CCN(S(=O)(=O)CCCOc4ccccc4)CC3)c[nH]c12. The predicted octanol–water partition coefficient (Wildman–Crippen LogP) is 4.84. The van der Waals surface area contributed by atoms with Crippen molar-refractivity contribution in [2.75, 3.05) is 25.4 Å². The summed E-state index contributed by atoms with van der Waals surface area (Å²) in [5, 5.41) is 1.07. The number of ether oxygens (including phenoxy) is 1. The summed E-state index contributed by atoms with van der Waals surface area (Å²) in [4.78, 5) is 15.2. The number of carbonyl (C=O) groups excluding carboxylic acids is 1. The van der Waals surface area contributed by atoms with Crippen LogP contribution in [0.1, 0.15) is 36.3 Å². The van der Waals surface area contributed by atoms with Crippen molar-refractivity contribution >= 4 is 26.8 Å². The third-order valence-corrected chi connectivity index (χ3v) is 9.18. The molecule has 1 amide bonds. The van der Waals surface area contributed by atoms with Crippen LogP contribution in [0.2, 0.25) is 0 Å². The Kier molecular flexibility index (Phi) is 7.81. The molecule has 5 rings (SSSR count). The molecule has 1 fully saturated rings. The van der Waals surface area contributed by atoms with Gasteiger partial charge >= 0.3 is 0 Å². The lowest BCUT2D eigenvalue weighted by Crippen LogP contribution is -2.39. The second-order valence-corrected chi connectivity index (χ2v) is 11.9. The molecule has 0 spiro atoms. The van der Waals surface area contributed by atoms with Gasteiger partial charge in [0.05, 0.1) is 18.8 Å². The average molecular weight is 532 g/mol. The molecule has 2 heterocycles. The van der Waals surface area contributed by atoms with Crippen LogP contribution in [0.25, 0.3) is 22.0 Å². The monoisotopic (exact) mass is 531 g/mol. The summed E-state index contributed by atoms with van der Waals surface area (Å²) in [6.45, 7) is 1.35. The van der Waals surface area contributed by atoms with Crippen LogP contribution in [0.5, 0.6) is 5.75 Å². The van der Waals surface area contributed by atoms with Gasteiger partial charge < -0.3 is 15.5 Å². The molecule has 1 aliphatic heterocycles. The quantitative estimate of drug-likeness (QED) is 0.286. The maximum atomic E-state index is 13.0. The van der Waals surface area contributed by atoms with Crippen LogP contribution >= 0.6 is 0 Å². The molecule has 1 aromatic heterocycles. The molecular formula is C30H33N3O4S. The Hall–Kier alpha value is -3.62. The highest BCUT2D eigenvalue weighted by molar-refractivity contribution is 7.89. The standard InChI is InChI=1S/C30H33N3O4S/c31-29(34)20-25-18-24(22-8-3-1-4-9-22)19-27-28(21-32-30(25)27)23-12-14-33(15-13-23)38(35,36)17-7-16-37-26-10-5-2-6-11-26/h1-6,8-11,18-19,21,23,32H,7,12-17,20H2,(H2,31,34). The summed E-state index contributed by atoms with van der Waals surface area (Å²) in [7, 11) is -3.34. The van der Waals surface area contributed by atoms with Gasteiger partial charge in [0.15, 0.2) is 0 Å². The largest absolute Gasteiger partial charge is 0.494 e. The van der Waals surface area contributed by atoms with E-state index >= 15 is 0 Å². The number of piperidine rings is 1. The normalized spacial score (nSPS) is 15.1. The summed E-state index contributed by atoms with van der Waals surface area (Å²) in [5.41, 5.74) is 10.6. The molecule has 4 aromatic rings. The third-order valence-electron chi connectivity index (χ3n) is 7.22. The summed E-state index contributed by atoms with van der Waals surface area (Å²) >= 11 is 0. The van der Waals surface area contributed by atoms with Crippen molar-refractivity contribution in [3.8, 4) is 16.9 Å². The number of carbonyl (C=O) groups is 1. The van der Waals surface area contributed by atoms with Crippen molar-refractivity contribution in [2.24, 2.45) is 5.73 Å². The number of fused-ring (bicyclic) bond motifs is 1. The van der Waals surface area contributed by atoms with E-state index in [-0.39, 0.29) is 24.0 Å². The van der Waals surface area contributed by atoms with E-state index in [0.717, 1.165) is 51.7 Å². The molecule has 3 N–H and O–H groups in total. The van der Waals surface area contributed by atoms with Crippen LogP contribution in [0.4, 0.5) is 0 Å². The molecule has 1 aliphatic rings. The van der Waals surface area contributed by atoms with Gasteiger partial charge in [-0.25, -0.2) is 12.7 Å². The lowest BCUT2D eigenvalue weighted by molar-refractivity contribution is -0.117. The summed E-state index contributed by atoms with van der Waals surface area (Å²) in [5.74, 6) is 0.678. The van der Waals surface area contributed by atoms with E-state index in [1.165, 1.54) is 0 Å². The lowest BCUT2D eigenvalue weighted by Gasteiger charge is -2.31. The van der Waals surface area contributed by atoms with Crippen LogP contribution < -0.4 is 10.5 Å². The van der Waals surface area contributed by atoms with Gasteiger partial charge in [-0.3, -0.25) is 4.79 Å². The number of aromatic nitrogens is 1. The van der Waals surface area contributed by atoms with Crippen LogP contribution in [0, 0.1) is 0 Å². The minimum Gasteiger partial charge on any atom is -0.494 e. The number of amides is 1. The highest BCUT2D eigenvalue weighted by atomic mass is 32.2. The topological polar surface area (TPSA) is 105 Å². The first-order valence-electron chi connectivity index (χ1n) is 13.0. The van der Waals surface area contributed by atoms with Gasteiger partial charge in [-0.05, 0) is 71.7 Å². The van der Waals surface area contributed by atoms with Crippen LogP contribution in [-0.4, -0.2) is 49.1 Å². The molecular weight excluding hydrogens is 498 g/mol. The van der Waals surface area contributed by atoms with Crippen LogP contribution in [0.3, 0.4) is 0 Å². The van der Waals surface area contributed by atoms with Crippen molar-refractivity contribution in [3.05, 3.63) is 90.1 Å². The molecule has 0 bridgehead atoms. The number of primary amides is 1. The molecule has 1 saturated heterocycles. The number of nitrogens with two attached hydrogens (primary N) is 1. The number of aromatic amines is 1. The Bertz CT molecular complexity index is 1490. The summed E-state index contributed by atoms with van der Waals surface area (Å²) < 4.78 is 33.2. The van der Waals surface area contributed by atoms with E-state index in [1.807, 2.05) is 60.8 Å². The van der Waals surface area contributed by atoms with Crippen molar-refractivity contribution in [3.63, 3.8) is 0 Å². The van der Waals surface area contributed by atoms with Crippen LogP contribution in [-0.2, 0) is 21.2 Å². The molecule has 0 unspecified atom stereocenters. The lowest BCUT2D eigenvalue weighted by atomic mass is 9.88. The fraction of sp³-hybridized carbons (Fsp3) is 0.300. The predicted molar refractivity (Wildman–Crippen MR) is 151 cm³/mol. The van der Waals surface area contributed by atoms with E-state index in [1.54, 1.807) is 4.31 Å². The second-order valence-electron chi connectivity index (χ2n) is 9.82. The number of hydrogen-bond donors (Lipinski definition) is 2. The number of nitrogens with one attached hydrogen (secondary N) is 1. The molecule has 0 aliphatic carbocycles. The van der Waals surface area contributed by atoms with Crippen molar-refractivity contribution < 1.29 is 17.9 Å². The number of rotatable bonds is 10. The number of H-pyrrole nitrogens is 1. The molecule has 38 heavy (non-hydrogen) atoms. The van der Waals surface area contributed by atoms with Gasteiger partial charge in [0, 0.05) is 30.2 Å². The summed E-state index contributed by atoms with van der Waals surface area (Å²) in [6.07, 6.45) is 4.10. The van der Waals surface area contributed by atoms with Gasteiger partial charge in [-0.2, -0.15) is 0 Å². The Morgan fingerprint density at radius 3 is 2.34 bits per heavy atom. The second kappa shape index (κ2) is 11.4. The number of para-hydroxylation sites is 1. The Balaban J connectivity index is 1.28. The molecule has 7 nitrogen and oxygen atoms in total. The Morgan fingerprint density at radius 2 is 1.66 bits per heavy atom. The zero-order chi connectivity index (χ0) is 26.5. The minimum atomic E-state index is -3.34. The van der Waals surface area contributed by atoms with Crippen molar-refractivity contribution in [2.45, 2.75) is 31.6 Å². The van der Waals surface area contributed by atoms with Crippen molar-refractivity contribution in [1.29, 1.82) is 0 Å². The first kappa shape index (κ1) is 26.0. The molecule has 0 saturated carbocycles. The average Bonchev–Trinajstić information content (AvgIpc) is 3.36. The van der Waals surface area contributed by atoms with Gasteiger partial charge in [-0.15, -0.1) is 0 Å². The van der Waals surface area contributed by atoms with E-state index in [0.29, 0.717) is 26.1 Å². The zero-order valence-electron chi connectivity index (χ0n) is 21.3. The maximum absolute atomic E-state index is 13.0. The fourth-order valence-electron chi connectivity index (χ4n) is 5.31. The first-order chi connectivity index (χ1) is 18.4. The molecule has 8 heteroatoms. The first-order valence-corrected chi connectivity index (χ1v) is 14.6. The zero-order valence-corrected chi connectivity index (χ0v) is 22.1. The fourth-order valence-corrected chi connectivity index (χ4v) is 6.82. The van der Waals surface area contributed by atoms with Crippen molar-refractivity contribution in [1.82, 2.24) is 9.29 Å².